The molecule has 0 aliphatic carbocycles. The van der Waals surface area contributed by atoms with E-state index in [0.717, 1.165) is 21.3 Å². The van der Waals surface area contributed by atoms with Crippen LogP contribution >= 0.6 is 28.1 Å². The number of nitrogens with one attached hydrogen (secondary N) is 2. The zero-order chi connectivity index (χ0) is 18.4. The van der Waals surface area contributed by atoms with Gasteiger partial charge in [0.1, 0.15) is 0 Å². The van der Waals surface area contributed by atoms with E-state index >= 15 is 0 Å². The fourth-order valence-corrected chi connectivity index (χ4v) is 3.28. The number of rotatable bonds is 4. The van der Waals surface area contributed by atoms with Gasteiger partial charge in [0.05, 0.1) is 11.6 Å². The summed E-state index contributed by atoms with van der Waals surface area (Å²) in [5.41, 5.74) is 2.63. The highest BCUT2D eigenvalue weighted by molar-refractivity contribution is 9.10. The van der Waals surface area contributed by atoms with Crippen molar-refractivity contribution in [2.24, 2.45) is 0 Å². The normalized spacial score (nSPS) is 10.4. The summed E-state index contributed by atoms with van der Waals surface area (Å²) in [7, 11) is 0. The predicted molar refractivity (Wildman–Crippen MR) is 113 cm³/mol. The molecule has 0 fully saturated rings. The molecule has 3 aromatic rings. The summed E-state index contributed by atoms with van der Waals surface area (Å²) in [5, 5.41) is 6.13. The molecule has 0 aliphatic rings. The second-order valence-electron chi connectivity index (χ2n) is 5.68. The smallest absolute Gasteiger partial charge is 0.238 e. The molecule has 26 heavy (non-hydrogen) atoms. The Labute approximate surface area is 166 Å². The van der Waals surface area contributed by atoms with Crippen molar-refractivity contribution in [1.82, 2.24) is 5.32 Å². The van der Waals surface area contributed by atoms with Crippen molar-refractivity contribution in [3.05, 3.63) is 101 Å². The summed E-state index contributed by atoms with van der Waals surface area (Å²) < 4.78 is 0.874. The third-order valence-electron chi connectivity index (χ3n) is 3.89. The lowest BCUT2D eigenvalue weighted by atomic mass is 9.90. The minimum atomic E-state index is -0.434. The maximum atomic E-state index is 13.0. The lowest BCUT2D eigenvalue weighted by Crippen LogP contribution is -2.38. The maximum Gasteiger partial charge on any atom is 0.238 e. The van der Waals surface area contributed by atoms with Gasteiger partial charge in [0, 0.05) is 4.47 Å². The molecule has 0 radical (unpaired) electrons. The molecule has 0 aromatic heterocycles. The number of hydrogen-bond acceptors (Lipinski definition) is 2. The number of carbonyl (C=O) groups is 1. The van der Waals surface area contributed by atoms with Crippen molar-refractivity contribution >= 4 is 44.9 Å². The molecule has 3 rings (SSSR count). The van der Waals surface area contributed by atoms with Crippen LogP contribution in [0.5, 0.6) is 0 Å². The SMILES string of the molecule is O=C(NC(=S)Nc1ccccc1Br)C(c1ccccc1)c1ccccc1. The first kappa shape index (κ1) is 18.3. The van der Waals surface area contributed by atoms with Crippen LogP contribution in [0.3, 0.4) is 0 Å². The van der Waals surface area contributed by atoms with Crippen molar-refractivity contribution in [3.8, 4) is 0 Å². The molecule has 5 heteroatoms. The fourth-order valence-electron chi connectivity index (χ4n) is 2.69. The summed E-state index contributed by atoms with van der Waals surface area (Å²) in [4.78, 5) is 13.0. The zero-order valence-electron chi connectivity index (χ0n) is 13.9. The van der Waals surface area contributed by atoms with Crippen LogP contribution in [-0.2, 0) is 4.79 Å². The van der Waals surface area contributed by atoms with Gasteiger partial charge in [0.2, 0.25) is 5.91 Å². The van der Waals surface area contributed by atoms with Gasteiger partial charge < -0.3 is 10.6 Å². The quantitative estimate of drug-likeness (QED) is 0.572. The van der Waals surface area contributed by atoms with E-state index in [-0.39, 0.29) is 11.0 Å². The van der Waals surface area contributed by atoms with Gasteiger partial charge in [0.15, 0.2) is 5.11 Å². The first-order chi connectivity index (χ1) is 12.6. The van der Waals surface area contributed by atoms with Crippen LogP contribution in [0.15, 0.2) is 89.4 Å². The molecule has 130 valence electrons. The molecule has 3 aromatic carbocycles. The van der Waals surface area contributed by atoms with Gasteiger partial charge in [-0.25, -0.2) is 0 Å². The Morgan fingerprint density at radius 1 is 0.808 bits per heavy atom. The van der Waals surface area contributed by atoms with Crippen molar-refractivity contribution in [1.29, 1.82) is 0 Å². The van der Waals surface area contributed by atoms with E-state index < -0.39 is 5.92 Å². The van der Waals surface area contributed by atoms with E-state index in [1.54, 1.807) is 0 Å². The number of amides is 1. The van der Waals surface area contributed by atoms with Crippen molar-refractivity contribution in [3.63, 3.8) is 0 Å². The average molecular weight is 425 g/mol. The van der Waals surface area contributed by atoms with Gasteiger partial charge in [-0.3, -0.25) is 4.79 Å². The molecule has 0 unspecified atom stereocenters. The Morgan fingerprint density at radius 2 is 1.31 bits per heavy atom. The minimum Gasteiger partial charge on any atom is -0.331 e. The van der Waals surface area contributed by atoms with Crippen LogP contribution < -0.4 is 10.6 Å². The van der Waals surface area contributed by atoms with Gasteiger partial charge in [-0.05, 0) is 51.4 Å². The first-order valence-electron chi connectivity index (χ1n) is 8.11. The topological polar surface area (TPSA) is 41.1 Å². The third-order valence-corrected chi connectivity index (χ3v) is 4.78. The van der Waals surface area contributed by atoms with Crippen LogP contribution in [0.25, 0.3) is 0 Å². The maximum absolute atomic E-state index is 13.0. The summed E-state index contributed by atoms with van der Waals surface area (Å²) in [6.45, 7) is 0. The van der Waals surface area contributed by atoms with E-state index in [2.05, 4.69) is 26.6 Å². The third kappa shape index (κ3) is 4.56. The zero-order valence-corrected chi connectivity index (χ0v) is 16.3. The Kier molecular flexibility index (Phi) is 6.15. The Bertz CT molecular complexity index is 861. The number of halogens is 1. The number of thiocarbonyl (C=S) groups is 1. The number of para-hydroxylation sites is 1. The Morgan fingerprint density at radius 3 is 1.85 bits per heavy atom. The number of carbonyl (C=O) groups excluding carboxylic acids is 1. The molecule has 0 bridgehead atoms. The number of hydrogen-bond donors (Lipinski definition) is 2. The lowest BCUT2D eigenvalue weighted by Gasteiger charge is -2.19. The molecular weight excluding hydrogens is 408 g/mol. The van der Waals surface area contributed by atoms with Gasteiger partial charge in [0.25, 0.3) is 0 Å². The molecule has 0 spiro atoms. The van der Waals surface area contributed by atoms with E-state index in [0.29, 0.717) is 0 Å². The van der Waals surface area contributed by atoms with Crippen LogP contribution in [0, 0.1) is 0 Å². The lowest BCUT2D eigenvalue weighted by molar-refractivity contribution is -0.120. The van der Waals surface area contributed by atoms with Crippen molar-refractivity contribution in [2.75, 3.05) is 5.32 Å². The molecule has 0 saturated heterocycles. The molecule has 0 atom stereocenters. The van der Waals surface area contributed by atoms with E-state index in [1.165, 1.54) is 0 Å². The molecule has 0 saturated carbocycles. The van der Waals surface area contributed by atoms with Crippen LogP contribution in [0.2, 0.25) is 0 Å². The van der Waals surface area contributed by atoms with Gasteiger partial charge >= 0.3 is 0 Å². The number of anilines is 1. The fraction of sp³-hybridized carbons (Fsp3) is 0.0476. The average Bonchev–Trinajstić information content (AvgIpc) is 2.65. The highest BCUT2D eigenvalue weighted by atomic mass is 79.9. The monoisotopic (exact) mass is 424 g/mol. The summed E-state index contributed by atoms with van der Waals surface area (Å²) in [6, 6.07) is 27.0. The molecule has 3 nitrogen and oxygen atoms in total. The summed E-state index contributed by atoms with van der Waals surface area (Å²) in [6.07, 6.45) is 0. The first-order valence-corrected chi connectivity index (χ1v) is 9.31. The van der Waals surface area contributed by atoms with Gasteiger partial charge in [-0.2, -0.15) is 0 Å². The van der Waals surface area contributed by atoms with Crippen LogP contribution in [-0.4, -0.2) is 11.0 Å². The molecule has 1 amide bonds. The predicted octanol–water partition coefficient (Wildman–Crippen LogP) is 5.09. The molecule has 0 heterocycles. The van der Waals surface area contributed by atoms with Crippen molar-refractivity contribution < 1.29 is 4.79 Å². The highest BCUT2D eigenvalue weighted by Crippen LogP contribution is 2.25. The van der Waals surface area contributed by atoms with E-state index in [4.69, 9.17) is 12.2 Å². The summed E-state index contributed by atoms with van der Waals surface area (Å²) >= 11 is 8.79. The van der Waals surface area contributed by atoms with Gasteiger partial charge in [-0.1, -0.05) is 72.8 Å². The second kappa shape index (κ2) is 8.74. The second-order valence-corrected chi connectivity index (χ2v) is 6.94. The number of benzene rings is 3. The molecule has 0 aliphatic heterocycles. The Hall–Kier alpha value is -2.50. The van der Waals surface area contributed by atoms with Crippen LogP contribution in [0.1, 0.15) is 17.0 Å². The van der Waals surface area contributed by atoms with Crippen LogP contribution in [0.4, 0.5) is 5.69 Å². The standard InChI is InChI=1S/C21H17BrN2OS/c22-17-13-7-8-14-18(17)23-21(26)24-20(25)19(15-9-3-1-4-10-15)16-11-5-2-6-12-16/h1-14,19H,(H2,23,24,25,26). The minimum absolute atomic E-state index is 0.174. The van der Waals surface area contributed by atoms with Gasteiger partial charge in [-0.15, -0.1) is 0 Å². The largest absolute Gasteiger partial charge is 0.331 e. The van der Waals surface area contributed by atoms with Crippen molar-refractivity contribution in [2.45, 2.75) is 5.92 Å². The Balaban J connectivity index is 1.80. The summed E-state index contributed by atoms with van der Waals surface area (Å²) in [5.74, 6) is -0.608. The van der Waals surface area contributed by atoms with E-state index in [9.17, 15) is 4.79 Å². The molecule has 2 N–H and O–H groups in total. The highest BCUT2D eigenvalue weighted by Gasteiger charge is 2.23. The molecular formula is C21H17BrN2OS. The van der Waals surface area contributed by atoms with E-state index in [1.807, 2.05) is 84.9 Å².